The second-order valence-electron chi connectivity index (χ2n) is 4.68. The van der Waals surface area contributed by atoms with Crippen LogP contribution >= 0.6 is 0 Å². The molecule has 0 amide bonds. The van der Waals surface area contributed by atoms with Gasteiger partial charge in [0.2, 0.25) is 0 Å². The normalized spacial score (nSPS) is 18.5. The third kappa shape index (κ3) is 3.23. The van der Waals surface area contributed by atoms with Gasteiger partial charge in [-0.1, -0.05) is 6.08 Å². The number of alkyl halides is 3. The van der Waals surface area contributed by atoms with Crippen molar-refractivity contribution in [3.8, 4) is 0 Å². The van der Waals surface area contributed by atoms with Crippen LogP contribution in [0.2, 0.25) is 0 Å². The summed E-state index contributed by atoms with van der Waals surface area (Å²) in [6.45, 7) is 4.51. The largest absolute Gasteiger partial charge is 0.413 e. The van der Waals surface area contributed by atoms with Gasteiger partial charge < -0.3 is 4.84 Å². The van der Waals surface area contributed by atoms with Gasteiger partial charge in [-0.25, -0.2) is 4.79 Å². The molecule has 0 aromatic rings. The molecule has 0 fully saturated rings. The molecule has 0 aromatic carbocycles. The first-order chi connectivity index (χ1) is 7.10. The van der Waals surface area contributed by atoms with Crippen LogP contribution in [0, 0.1) is 5.41 Å². The molecule has 0 saturated heterocycles. The van der Waals surface area contributed by atoms with Crippen molar-refractivity contribution in [2.45, 2.75) is 26.9 Å². The summed E-state index contributed by atoms with van der Waals surface area (Å²) in [7, 11) is 0. The zero-order chi connectivity index (χ0) is 12.6. The van der Waals surface area contributed by atoms with Crippen LogP contribution in [0.1, 0.15) is 20.8 Å². The Morgan fingerprint density at radius 1 is 1.38 bits per heavy atom. The van der Waals surface area contributed by atoms with E-state index >= 15 is 0 Å². The highest BCUT2D eigenvalue weighted by Gasteiger charge is 2.38. The Labute approximate surface area is 91.8 Å². The van der Waals surface area contributed by atoms with E-state index in [1.807, 2.05) is 0 Å². The molecule has 0 spiro atoms. The lowest BCUT2D eigenvalue weighted by atomic mass is 9.98. The number of hydrogen-bond acceptors (Lipinski definition) is 3. The first-order valence-corrected chi connectivity index (χ1v) is 4.84. The summed E-state index contributed by atoms with van der Waals surface area (Å²) in [6.07, 6.45) is -3.32. The quantitative estimate of drug-likeness (QED) is 0.655. The van der Waals surface area contributed by atoms with Gasteiger partial charge in [0.15, 0.2) is 0 Å². The standard InChI is InChI=1S/C10H14F3NO2/c1-9(2,3)8(15)16-14-5-4-7(6-14)10(11,12)13/h4H,5-6H2,1-3H3. The van der Waals surface area contributed by atoms with E-state index in [9.17, 15) is 18.0 Å². The van der Waals surface area contributed by atoms with Crippen molar-refractivity contribution in [2.24, 2.45) is 5.41 Å². The number of nitrogens with zero attached hydrogens (tertiary/aromatic N) is 1. The predicted octanol–water partition coefficient (Wildman–Crippen LogP) is 2.30. The predicted molar refractivity (Wildman–Crippen MR) is 51.3 cm³/mol. The Morgan fingerprint density at radius 2 is 1.94 bits per heavy atom. The van der Waals surface area contributed by atoms with Gasteiger partial charge in [-0.05, 0) is 20.8 Å². The van der Waals surface area contributed by atoms with Crippen molar-refractivity contribution in [2.75, 3.05) is 13.1 Å². The molecule has 3 nitrogen and oxygen atoms in total. The molecular weight excluding hydrogens is 223 g/mol. The molecule has 0 radical (unpaired) electrons. The van der Waals surface area contributed by atoms with Gasteiger partial charge in [-0.3, -0.25) is 0 Å². The molecule has 0 atom stereocenters. The molecule has 0 aromatic heterocycles. The summed E-state index contributed by atoms with van der Waals surface area (Å²) < 4.78 is 36.8. The van der Waals surface area contributed by atoms with Crippen LogP contribution in [0.4, 0.5) is 13.2 Å². The summed E-state index contributed by atoms with van der Waals surface area (Å²) in [5.74, 6) is -0.538. The summed E-state index contributed by atoms with van der Waals surface area (Å²) in [4.78, 5) is 16.3. The molecule has 92 valence electrons. The van der Waals surface area contributed by atoms with Crippen LogP contribution in [0.25, 0.3) is 0 Å². The van der Waals surface area contributed by atoms with E-state index in [4.69, 9.17) is 4.84 Å². The molecule has 16 heavy (non-hydrogen) atoms. The molecule has 0 bridgehead atoms. The number of rotatable bonds is 1. The molecule has 1 aliphatic rings. The van der Waals surface area contributed by atoms with Crippen molar-refractivity contribution in [1.82, 2.24) is 5.06 Å². The molecule has 0 saturated carbocycles. The summed E-state index contributed by atoms with van der Waals surface area (Å²) >= 11 is 0. The van der Waals surface area contributed by atoms with E-state index in [1.54, 1.807) is 20.8 Å². The SMILES string of the molecule is CC(C)(C)C(=O)ON1CC=C(C(F)(F)F)C1. The van der Waals surface area contributed by atoms with Crippen molar-refractivity contribution >= 4 is 5.97 Å². The van der Waals surface area contributed by atoms with Crippen molar-refractivity contribution in [1.29, 1.82) is 0 Å². The van der Waals surface area contributed by atoms with E-state index < -0.39 is 29.7 Å². The highest BCUT2D eigenvalue weighted by Crippen LogP contribution is 2.29. The lowest BCUT2D eigenvalue weighted by Gasteiger charge is -2.22. The van der Waals surface area contributed by atoms with E-state index in [2.05, 4.69) is 0 Å². The first kappa shape index (κ1) is 13.0. The molecular formula is C10H14F3NO2. The second-order valence-corrected chi connectivity index (χ2v) is 4.68. The van der Waals surface area contributed by atoms with Crippen LogP contribution in [0.5, 0.6) is 0 Å². The average Bonchev–Trinajstić information content (AvgIpc) is 2.49. The van der Waals surface area contributed by atoms with E-state index in [-0.39, 0.29) is 6.54 Å². The Balaban J connectivity index is 2.50. The summed E-state index contributed by atoms with van der Waals surface area (Å²) in [6, 6.07) is 0. The summed E-state index contributed by atoms with van der Waals surface area (Å²) in [5.41, 5.74) is -1.39. The Bertz CT molecular complexity index is 315. The van der Waals surface area contributed by atoms with Crippen LogP contribution in [0.15, 0.2) is 11.6 Å². The highest BCUT2D eigenvalue weighted by atomic mass is 19.4. The zero-order valence-electron chi connectivity index (χ0n) is 9.39. The van der Waals surface area contributed by atoms with Gasteiger partial charge >= 0.3 is 12.1 Å². The molecule has 1 rings (SSSR count). The smallest absolute Gasteiger partial charge is 0.367 e. The zero-order valence-corrected chi connectivity index (χ0v) is 9.39. The minimum absolute atomic E-state index is 0.0172. The number of hydroxylamine groups is 2. The summed E-state index contributed by atoms with van der Waals surface area (Å²) in [5, 5.41) is 1.01. The molecule has 0 aliphatic carbocycles. The minimum atomic E-state index is -4.34. The van der Waals surface area contributed by atoms with Gasteiger partial charge in [-0.15, -0.1) is 5.06 Å². The Morgan fingerprint density at radius 3 is 2.31 bits per heavy atom. The maximum Gasteiger partial charge on any atom is 0.413 e. The highest BCUT2D eigenvalue weighted by molar-refractivity contribution is 5.75. The maximum atomic E-state index is 12.3. The van der Waals surface area contributed by atoms with Gasteiger partial charge in [0.25, 0.3) is 0 Å². The van der Waals surface area contributed by atoms with Gasteiger partial charge in [0.05, 0.1) is 18.5 Å². The Hall–Kier alpha value is -1.04. The van der Waals surface area contributed by atoms with Crippen molar-refractivity contribution < 1.29 is 22.8 Å². The van der Waals surface area contributed by atoms with Crippen LogP contribution in [0.3, 0.4) is 0 Å². The number of carbonyl (C=O) groups is 1. The fourth-order valence-electron chi connectivity index (χ4n) is 1.06. The lowest BCUT2D eigenvalue weighted by molar-refractivity contribution is -0.196. The van der Waals surface area contributed by atoms with E-state index in [1.165, 1.54) is 0 Å². The van der Waals surface area contributed by atoms with E-state index in [0.717, 1.165) is 11.1 Å². The topological polar surface area (TPSA) is 29.5 Å². The lowest BCUT2D eigenvalue weighted by Crippen LogP contribution is -2.33. The third-order valence-corrected chi connectivity index (χ3v) is 2.08. The van der Waals surface area contributed by atoms with Crippen LogP contribution < -0.4 is 0 Å². The monoisotopic (exact) mass is 237 g/mol. The fraction of sp³-hybridized carbons (Fsp3) is 0.700. The van der Waals surface area contributed by atoms with Crippen molar-refractivity contribution in [3.05, 3.63) is 11.6 Å². The number of hydrogen-bond donors (Lipinski definition) is 0. The van der Waals surface area contributed by atoms with Gasteiger partial charge in [0, 0.05) is 5.57 Å². The van der Waals surface area contributed by atoms with Crippen molar-refractivity contribution in [3.63, 3.8) is 0 Å². The average molecular weight is 237 g/mol. The number of carbonyl (C=O) groups excluding carboxylic acids is 1. The maximum absolute atomic E-state index is 12.3. The van der Waals surface area contributed by atoms with Gasteiger partial charge in [-0.2, -0.15) is 13.2 Å². The van der Waals surface area contributed by atoms with Crippen LogP contribution in [-0.2, 0) is 9.63 Å². The van der Waals surface area contributed by atoms with Gasteiger partial charge in [0.1, 0.15) is 0 Å². The second kappa shape index (κ2) is 4.08. The minimum Gasteiger partial charge on any atom is -0.367 e. The Kier molecular flexibility index (Phi) is 3.33. The first-order valence-electron chi connectivity index (χ1n) is 4.84. The van der Waals surface area contributed by atoms with E-state index in [0.29, 0.717) is 0 Å². The molecule has 6 heteroatoms. The van der Waals surface area contributed by atoms with Crippen LogP contribution in [-0.4, -0.2) is 30.3 Å². The fourth-order valence-corrected chi connectivity index (χ4v) is 1.06. The molecule has 1 aliphatic heterocycles. The molecule has 0 unspecified atom stereocenters. The third-order valence-electron chi connectivity index (χ3n) is 2.08. The number of halogens is 3. The molecule has 1 heterocycles. The molecule has 0 N–H and O–H groups in total.